The molecule has 0 aliphatic rings. The third-order valence-corrected chi connectivity index (χ3v) is 1.90. The minimum Gasteiger partial charge on any atom is -0.320 e. The molecule has 2 heteroatoms. The standard InChI is InChI=1S/C10H13ClN/c1-12-8-2-3-9-4-6-10(11)7-5-9/h3-7,12H,2,8H2,1H3. The lowest BCUT2D eigenvalue weighted by Crippen LogP contribution is -2.07. The fourth-order valence-corrected chi connectivity index (χ4v) is 1.11. The molecule has 1 aromatic rings. The second-order valence-electron chi connectivity index (χ2n) is 2.65. The monoisotopic (exact) mass is 182 g/mol. The maximum Gasteiger partial charge on any atom is 0.0406 e. The summed E-state index contributed by atoms with van der Waals surface area (Å²) in [6.07, 6.45) is 3.24. The number of nitrogens with one attached hydrogen (secondary N) is 1. The highest BCUT2D eigenvalue weighted by Gasteiger charge is 1.92. The number of benzene rings is 1. The molecule has 0 fully saturated rings. The van der Waals surface area contributed by atoms with Gasteiger partial charge in [-0.2, -0.15) is 0 Å². The van der Waals surface area contributed by atoms with E-state index in [4.69, 9.17) is 11.6 Å². The van der Waals surface area contributed by atoms with E-state index in [1.54, 1.807) is 0 Å². The van der Waals surface area contributed by atoms with Gasteiger partial charge in [0, 0.05) is 5.02 Å². The quantitative estimate of drug-likeness (QED) is 0.706. The Morgan fingerprint density at radius 3 is 2.58 bits per heavy atom. The first-order valence-electron chi connectivity index (χ1n) is 4.06. The van der Waals surface area contributed by atoms with E-state index in [9.17, 15) is 0 Å². The molecule has 0 amide bonds. The minimum absolute atomic E-state index is 0.792. The van der Waals surface area contributed by atoms with Gasteiger partial charge in [-0.05, 0) is 44.1 Å². The van der Waals surface area contributed by atoms with Crippen LogP contribution in [0.25, 0.3) is 0 Å². The van der Waals surface area contributed by atoms with E-state index in [1.165, 1.54) is 5.56 Å². The van der Waals surface area contributed by atoms with Crippen LogP contribution in [0.1, 0.15) is 12.0 Å². The molecule has 0 aliphatic carbocycles. The topological polar surface area (TPSA) is 12.0 Å². The zero-order chi connectivity index (χ0) is 8.81. The van der Waals surface area contributed by atoms with Crippen molar-refractivity contribution in [1.82, 2.24) is 5.32 Å². The summed E-state index contributed by atoms with van der Waals surface area (Å²) in [6.45, 7) is 1.02. The molecule has 1 rings (SSSR count). The maximum atomic E-state index is 5.75. The lowest BCUT2D eigenvalue weighted by molar-refractivity contribution is 0.788. The average molecular weight is 183 g/mol. The van der Waals surface area contributed by atoms with Gasteiger partial charge >= 0.3 is 0 Å². The molecule has 1 aromatic carbocycles. The van der Waals surface area contributed by atoms with Crippen LogP contribution in [0.15, 0.2) is 24.3 Å². The molecule has 0 unspecified atom stereocenters. The Hall–Kier alpha value is -0.530. The van der Waals surface area contributed by atoms with Gasteiger partial charge in [-0.3, -0.25) is 0 Å². The van der Waals surface area contributed by atoms with Crippen molar-refractivity contribution in [2.75, 3.05) is 13.6 Å². The van der Waals surface area contributed by atoms with Gasteiger partial charge in [-0.1, -0.05) is 23.7 Å². The molecule has 0 saturated carbocycles. The molecule has 12 heavy (non-hydrogen) atoms. The van der Waals surface area contributed by atoms with Crippen LogP contribution in [0.2, 0.25) is 5.02 Å². The number of halogens is 1. The van der Waals surface area contributed by atoms with Crippen LogP contribution in [0.4, 0.5) is 0 Å². The highest BCUT2D eigenvalue weighted by atomic mass is 35.5. The zero-order valence-corrected chi connectivity index (χ0v) is 7.93. The second-order valence-corrected chi connectivity index (χ2v) is 3.08. The molecule has 0 aromatic heterocycles. The molecule has 0 bridgehead atoms. The summed E-state index contributed by atoms with van der Waals surface area (Å²) in [7, 11) is 1.95. The number of rotatable bonds is 4. The highest BCUT2D eigenvalue weighted by Crippen LogP contribution is 2.11. The van der Waals surface area contributed by atoms with E-state index >= 15 is 0 Å². The van der Waals surface area contributed by atoms with Gasteiger partial charge in [-0.15, -0.1) is 0 Å². The Morgan fingerprint density at radius 1 is 1.33 bits per heavy atom. The molecule has 65 valence electrons. The van der Waals surface area contributed by atoms with Gasteiger partial charge < -0.3 is 5.32 Å². The largest absolute Gasteiger partial charge is 0.320 e. The lowest BCUT2D eigenvalue weighted by Gasteiger charge is -1.99. The summed E-state index contributed by atoms with van der Waals surface area (Å²) in [5.41, 5.74) is 1.23. The fourth-order valence-electron chi connectivity index (χ4n) is 0.982. The predicted molar refractivity (Wildman–Crippen MR) is 53.4 cm³/mol. The van der Waals surface area contributed by atoms with Crippen molar-refractivity contribution in [2.45, 2.75) is 6.42 Å². The molecule has 0 spiro atoms. The number of hydrogen-bond acceptors (Lipinski definition) is 1. The Bertz CT molecular complexity index is 218. The first-order chi connectivity index (χ1) is 5.83. The predicted octanol–water partition coefficient (Wildman–Crippen LogP) is 2.50. The Balaban J connectivity index is 2.37. The summed E-state index contributed by atoms with van der Waals surface area (Å²) < 4.78 is 0. The van der Waals surface area contributed by atoms with Crippen LogP contribution < -0.4 is 5.32 Å². The van der Waals surface area contributed by atoms with Crippen molar-refractivity contribution < 1.29 is 0 Å². The summed E-state index contributed by atoms with van der Waals surface area (Å²) in [5.74, 6) is 0. The first kappa shape index (κ1) is 9.56. The molecule has 0 atom stereocenters. The van der Waals surface area contributed by atoms with Crippen LogP contribution in [-0.4, -0.2) is 13.6 Å². The molecular weight excluding hydrogens is 170 g/mol. The van der Waals surface area contributed by atoms with E-state index in [-0.39, 0.29) is 0 Å². The van der Waals surface area contributed by atoms with Crippen molar-refractivity contribution in [1.29, 1.82) is 0 Å². The van der Waals surface area contributed by atoms with Gasteiger partial charge in [0.2, 0.25) is 0 Å². The molecule has 1 nitrogen and oxygen atoms in total. The van der Waals surface area contributed by atoms with Gasteiger partial charge in [0.05, 0.1) is 0 Å². The van der Waals surface area contributed by atoms with Crippen LogP contribution in [-0.2, 0) is 0 Å². The normalized spacial score (nSPS) is 10.2. The molecule has 1 N–H and O–H groups in total. The van der Waals surface area contributed by atoms with Gasteiger partial charge in [0.15, 0.2) is 0 Å². The van der Waals surface area contributed by atoms with E-state index in [2.05, 4.69) is 11.7 Å². The first-order valence-corrected chi connectivity index (χ1v) is 4.44. The Labute approximate surface area is 78.7 Å². The van der Waals surface area contributed by atoms with E-state index < -0.39 is 0 Å². The molecule has 0 heterocycles. The van der Waals surface area contributed by atoms with Crippen LogP contribution >= 0.6 is 11.6 Å². The Kier molecular flexibility index (Phi) is 4.12. The second kappa shape index (κ2) is 5.18. The highest BCUT2D eigenvalue weighted by molar-refractivity contribution is 6.30. The average Bonchev–Trinajstić information content (AvgIpc) is 2.09. The van der Waals surface area contributed by atoms with Gasteiger partial charge in [0.1, 0.15) is 0 Å². The molecule has 1 radical (unpaired) electrons. The Morgan fingerprint density at radius 2 is 2.00 bits per heavy atom. The van der Waals surface area contributed by atoms with E-state index in [1.807, 2.05) is 31.3 Å². The van der Waals surface area contributed by atoms with Gasteiger partial charge in [-0.25, -0.2) is 0 Å². The zero-order valence-electron chi connectivity index (χ0n) is 7.18. The van der Waals surface area contributed by atoms with Crippen LogP contribution in [0, 0.1) is 6.42 Å². The third-order valence-electron chi connectivity index (χ3n) is 1.64. The van der Waals surface area contributed by atoms with E-state index in [0.717, 1.165) is 18.0 Å². The maximum absolute atomic E-state index is 5.75. The van der Waals surface area contributed by atoms with Gasteiger partial charge in [0.25, 0.3) is 0 Å². The van der Waals surface area contributed by atoms with Crippen molar-refractivity contribution in [2.24, 2.45) is 0 Å². The summed E-state index contributed by atoms with van der Waals surface area (Å²) in [4.78, 5) is 0. The van der Waals surface area contributed by atoms with Crippen LogP contribution in [0.5, 0.6) is 0 Å². The third kappa shape index (κ3) is 3.24. The molecular formula is C10H13ClN. The smallest absolute Gasteiger partial charge is 0.0406 e. The van der Waals surface area contributed by atoms with E-state index in [0.29, 0.717) is 0 Å². The molecule has 0 aliphatic heterocycles. The van der Waals surface area contributed by atoms with Crippen molar-refractivity contribution >= 4 is 11.6 Å². The SMILES string of the molecule is CNCC[CH]c1ccc(Cl)cc1. The summed E-state index contributed by atoms with van der Waals surface area (Å²) >= 11 is 5.75. The number of hydrogen-bond donors (Lipinski definition) is 1. The summed E-state index contributed by atoms with van der Waals surface area (Å²) in [6, 6.07) is 7.87. The molecule has 0 saturated heterocycles. The fraction of sp³-hybridized carbons (Fsp3) is 0.300. The summed E-state index contributed by atoms with van der Waals surface area (Å²) in [5, 5.41) is 3.88. The lowest BCUT2D eigenvalue weighted by atomic mass is 10.1. The van der Waals surface area contributed by atoms with Crippen molar-refractivity contribution in [3.05, 3.63) is 41.3 Å². The van der Waals surface area contributed by atoms with Crippen molar-refractivity contribution in [3.8, 4) is 0 Å². The van der Waals surface area contributed by atoms with Crippen molar-refractivity contribution in [3.63, 3.8) is 0 Å². The van der Waals surface area contributed by atoms with Crippen LogP contribution in [0.3, 0.4) is 0 Å². The minimum atomic E-state index is 0.792.